The van der Waals surface area contributed by atoms with Crippen LogP contribution in [0.3, 0.4) is 0 Å². The molecule has 2 aromatic rings. The molecule has 6 nitrogen and oxygen atoms in total. The Morgan fingerprint density at radius 2 is 1.87 bits per heavy atom. The van der Waals surface area contributed by atoms with Crippen LogP contribution in [0.15, 0.2) is 43.0 Å². The van der Waals surface area contributed by atoms with E-state index in [4.69, 9.17) is 0 Å². The van der Waals surface area contributed by atoms with Crippen LogP contribution in [0.5, 0.6) is 0 Å². The summed E-state index contributed by atoms with van der Waals surface area (Å²) in [6.07, 6.45) is 6.54. The van der Waals surface area contributed by atoms with Gasteiger partial charge < -0.3 is 4.90 Å². The Kier molecular flexibility index (Phi) is 3.75. The van der Waals surface area contributed by atoms with Crippen molar-refractivity contribution in [2.75, 3.05) is 26.2 Å². The van der Waals surface area contributed by atoms with E-state index in [-0.39, 0.29) is 5.91 Å². The molecule has 0 N–H and O–H groups in total. The first-order valence-electron chi connectivity index (χ1n) is 7.97. The first-order chi connectivity index (χ1) is 11.3. The number of carbonyl (C=O) groups is 1. The highest BCUT2D eigenvalue weighted by molar-refractivity contribution is 5.92. The molecule has 118 valence electrons. The third kappa shape index (κ3) is 2.94. The minimum Gasteiger partial charge on any atom is -0.337 e. The first-order valence-corrected chi connectivity index (χ1v) is 7.97. The summed E-state index contributed by atoms with van der Waals surface area (Å²) in [6, 6.07) is 6.04. The van der Waals surface area contributed by atoms with Crippen molar-refractivity contribution in [1.82, 2.24) is 24.8 Å². The summed E-state index contributed by atoms with van der Waals surface area (Å²) in [5, 5.41) is 0. The molecule has 0 bridgehead atoms. The van der Waals surface area contributed by atoms with Gasteiger partial charge in [0, 0.05) is 51.3 Å². The predicted octanol–water partition coefficient (Wildman–Crippen LogP) is 1.08. The Labute approximate surface area is 135 Å². The number of fused-ring (bicyclic) bond motifs is 1. The van der Waals surface area contributed by atoms with Crippen molar-refractivity contribution in [3.8, 4) is 0 Å². The Bertz CT molecular complexity index is 664. The summed E-state index contributed by atoms with van der Waals surface area (Å²) in [5.41, 5.74) is 1.55. The SMILES string of the molecule is O=C(c1cnccn1)N1CC2CN(Cc3ccccn3)CC2C1. The van der Waals surface area contributed by atoms with Crippen molar-refractivity contribution in [3.63, 3.8) is 0 Å². The Balaban J connectivity index is 1.36. The van der Waals surface area contributed by atoms with Gasteiger partial charge >= 0.3 is 0 Å². The zero-order chi connectivity index (χ0) is 15.6. The van der Waals surface area contributed by atoms with E-state index in [0.29, 0.717) is 17.5 Å². The fourth-order valence-corrected chi connectivity index (χ4v) is 3.68. The number of hydrogen-bond acceptors (Lipinski definition) is 5. The van der Waals surface area contributed by atoms with Gasteiger partial charge in [0.15, 0.2) is 0 Å². The molecule has 4 rings (SSSR count). The fourth-order valence-electron chi connectivity index (χ4n) is 3.68. The van der Waals surface area contributed by atoms with Crippen LogP contribution in [-0.4, -0.2) is 56.8 Å². The molecule has 1 amide bonds. The molecule has 2 atom stereocenters. The number of rotatable bonds is 3. The van der Waals surface area contributed by atoms with Gasteiger partial charge in [-0.05, 0) is 24.0 Å². The van der Waals surface area contributed by atoms with E-state index >= 15 is 0 Å². The quantitative estimate of drug-likeness (QED) is 0.849. The number of aromatic nitrogens is 3. The molecule has 0 spiro atoms. The molecule has 2 aromatic heterocycles. The molecule has 2 unspecified atom stereocenters. The van der Waals surface area contributed by atoms with Gasteiger partial charge in [-0.1, -0.05) is 6.07 Å². The first kappa shape index (κ1) is 14.3. The lowest BCUT2D eigenvalue weighted by Gasteiger charge is -2.21. The number of nitrogens with zero attached hydrogens (tertiary/aromatic N) is 5. The summed E-state index contributed by atoms with van der Waals surface area (Å²) in [6.45, 7) is 4.60. The highest BCUT2D eigenvalue weighted by Gasteiger charge is 2.41. The van der Waals surface area contributed by atoms with Crippen LogP contribution in [-0.2, 0) is 6.54 Å². The van der Waals surface area contributed by atoms with Crippen LogP contribution < -0.4 is 0 Å². The van der Waals surface area contributed by atoms with Crippen molar-refractivity contribution in [2.24, 2.45) is 11.8 Å². The average Bonchev–Trinajstić information content (AvgIpc) is 3.14. The van der Waals surface area contributed by atoms with Gasteiger partial charge in [0.05, 0.1) is 11.9 Å². The second-order valence-electron chi connectivity index (χ2n) is 6.34. The maximum atomic E-state index is 12.5. The van der Waals surface area contributed by atoms with Gasteiger partial charge in [-0.15, -0.1) is 0 Å². The van der Waals surface area contributed by atoms with E-state index < -0.39 is 0 Å². The van der Waals surface area contributed by atoms with Gasteiger partial charge in [-0.2, -0.15) is 0 Å². The Morgan fingerprint density at radius 1 is 1.04 bits per heavy atom. The van der Waals surface area contributed by atoms with Crippen molar-refractivity contribution in [1.29, 1.82) is 0 Å². The number of carbonyl (C=O) groups excluding carboxylic acids is 1. The second-order valence-corrected chi connectivity index (χ2v) is 6.34. The lowest BCUT2D eigenvalue weighted by Crippen LogP contribution is -2.33. The van der Waals surface area contributed by atoms with Gasteiger partial charge in [-0.25, -0.2) is 4.98 Å². The van der Waals surface area contributed by atoms with Crippen LogP contribution in [0.2, 0.25) is 0 Å². The third-order valence-corrected chi connectivity index (χ3v) is 4.74. The van der Waals surface area contributed by atoms with E-state index in [1.165, 1.54) is 0 Å². The van der Waals surface area contributed by atoms with Crippen LogP contribution in [0.4, 0.5) is 0 Å². The molecule has 2 aliphatic rings. The minimum atomic E-state index is 0.00350. The van der Waals surface area contributed by atoms with Crippen LogP contribution in [0.25, 0.3) is 0 Å². The van der Waals surface area contributed by atoms with Gasteiger partial charge in [0.1, 0.15) is 5.69 Å². The summed E-state index contributed by atoms with van der Waals surface area (Å²) < 4.78 is 0. The van der Waals surface area contributed by atoms with E-state index in [1.54, 1.807) is 18.6 Å². The molecular weight excluding hydrogens is 290 g/mol. The van der Waals surface area contributed by atoms with E-state index in [0.717, 1.165) is 38.4 Å². The van der Waals surface area contributed by atoms with Crippen molar-refractivity contribution >= 4 is 5.91 Å². The lowest BCUT2D eigenvalue weighted by molar-refractivity contribution is 0.0767. The van der Waals surface area contributed by atoms with Gasteiger partial charge in [-0.3, -0.25) is 19.7 Å². The predicted molar refractivity (Wildman–Crippen MR) is 84.4 cm³/mol. The molecule has 2 aliphatic heterocycles. The molecule has 0 aromatic carbocycles. The lowest BCUT2D eigenvalue weighted by atomic mass is 10.0. The highest BCUT2D eigenvalue weighted by Crippen LogP contribution is 2.32. The summed E-state index contributed by atoms with van der Waals surface area (Å²) in [5.74, 6) is 1.11. The number of pyridine rings is 1. The normalized spacial score (nSPS) is 23.9. The molecule has 6 heteroatoms. The molecular formula is C17H19N5O. The Morgan fingerprint density at radius 3 is 2.52 bits per heavy atom. The topological polar surface area (TPSA) is 62.2 Å². The molecule has 0 saturated carbocycles. The maximum Gasteiger partial charge on any atom is 0.274 e. The van der Waals surface area contributed by atoms with Crippen LogP contribution in [0.1, 0.15) is 16.2 Å². The molecule has 0 aliphatic carbocycles. The molecule has 2 saturated heterocycles. The monoisotopic (exact) mass is 309 g/mol. The number of likely N-dealkylation sites (tertiary alicyclic amines) is 2. The smallest absolute Gasteiger partial charge is 0.274 e. The zero-order valence-electron chi connectivity index (χ0n) is 12.9. The standard InChI is InChI=1S/C17H19N5O/c23-17(16-7-18-5-6-20-16)22-10-13-8-21(9-14(13)11-22)12-15-3-1-2-4-19-15/h1-7,13-14H,8-12H2. The van der Waals surface area contributed by atoms with Crippen LogP contribution >= 0.6 is 0 Å². The summed E-state index contributed by atoms with van der Waals surface area (Å²) in [4.78, 5) is 29.3. The van der Waals surface area contributed by atoms with E-state index in [1.807, 2.05) is 23.2 Å². The van der Waals surface area contributed by atoms with Crippen LogP contribution in [0, 0.1) is 11.8 Å². The number of amides is 1. The van der Waals surface area contributed by atoms with Gasteiger partial charge in [0.25, 0.3) is 5.91 Å². The van der Waals surface area contributed by atoms with Crippen molar-refractivity contribution < 1.29 is 4.79 Å². The molecule has 2 fully saturated rings. The molecule has 23 heavy (non-hydrogen) atoms. The second kappa shape index (κ2) is 6.04. The Hall–Kier alpha value is -2.34. The zero-order valence-corrected chi connectivity index (χ0v) is 12.9. The van der Waals surface area contributed by atoms with Crippen molar-refractivity contribution in [3.05, 3.63) is 54.4 Å². The molecule has 0 radical (unpaired) electrons. The summed E-state index contributed by atoms with van der Waals surface area (Å²) in [7, 11) is 0. The maximum absolute atomic E-state index is 12.5. The van der Waals surface area contributed by atoms with Gasteiger partial charge in [0.2, 0.25) is 0 Å². The largest absolute Gasteiger partial charge is 0.337 e. The summed E-state index contributed by atoms with van der Waals surface area (Å²) >= 11 is 0. The average molecular weight is 309 g/mol. The van der Waals surface area contributed by atoms with E-state index in [9.17, 15) is 4.79 Å². The number of hydrogen-bond donors (Lipinski definition) is 0. The fraction of sp³-hybridized carbons (Fsp3) is 0.412. The highest BCUT2D eigenvalue weighted by atomic mass is 16.2. The minimum absolute atomic E-state index is 0.00350. The molecule has 4 heterocycles. The van der Waals surface area contributed by atoms with Crippen molar-refractivity contribution in [2.45, 2.75) is 6.54 Å². The van der Waals surface area contributed by atoms with E-state index in [2.05, 4.69) is 25.9 Å². The third-order valence-electron chi connectivity index (χ3n) is 4.74.